The first kappa shape index (κ1) is 17.5. The zero-order chi connectivity index (χ0) is 19.8. The second-order valence-electron chi connectivity index (χ2n) is 7.27. The quantitative estimate of drug-likeness (QED) is 0.562. The van der Waals surface area contributed by atoms with Crippen LogP contribution in [-0.4, -0.2) is 20.7 Å². The van der Waals surface area contributed by atoms with E-state index in [1.807, 2.05) is 12.1 Å². The molecule has 4 aromatic rings. The molecule has 3 heterocycles. The molecule has 1 atom stereocenters. The van der Waals surface area contributed by atoms with E-state index in [1.165, 1.54) is 21.7 Å². The Morgan fingerprint density at radius 1 is 1.21 bits per heavy atom. The molecule has 0 saturated heterocycles. The Balaban J connectivity index is 1.37. The molecule has 29 heavy (non-hydrogen) atoms. The van der Waals surface area contributed by atoms with Gasteiger partial charge in [0.15, 0.2) is 5.76 Å². The summed E-state index contributed by atoms with van der Waals surface area (Å²) in [5.41, 5.74) is 3.61. The number of furan rings is 1. The summed E-state index contributed by atoms with van der Waals surface area (Å²) in [7, 11) is 0. The molecule has 0 radical (unpaired) electrons. The molecule has 0 fully saturated rings. The van der Waals surface area contributed by atoms with Gasteiger partial charge in [-0.25, -0.2) is 4.68 Å². The first-order valence-corrected chi connectivity index (χ1v) is 9.70. The van der Waals surface area contributed by atoms with E-state index in [0.29, 0.717) is 11.5 Å². The van der Waals surface area contributed by atoms with Crippen LogP contribution in [-0.2, 0) is 17.8 Å². The molecule has 3 aromatic heterocycles. The van der Waals surface area contributed by atoms with Gasteiger partial charge in [0.25, 0.3) is 5.56 Å². The Morgan fingerprint density at radius 2 is 2.10 bits per heavy atom. The number of nitrogens with zero attached hydrogens (tertiary/aromatic N) is 2. The summed E-state index contributed by atoms with van der Waals surface area (Å²) in [6.45, 7) is -0.139. The molecule has 0 saturated carbocycles. The molecule has 1 aliphatic rings. The highest BCUT2D eigenvalue weighted by Gasteiger charge is 2.25. The number of rotatable bonds is 4. The summed E-state index contributed by atoms with van der Waals surface area (Å²) in [4.78, 5) is 28.3. The highest BCUT2D eigenvalue weighted by Crippen LogP contribution is 2.34. The van der Waals surface area contributed by atoms with Crippen LogP contribution in [0.15, 0.2) is 64.0 Å². The summed E-state index contributed by atoms with van der Waals surface area (Å²) >= 11 is 0. The average Bonchev–Trinajstić information content (AvgIpc) is 3.38. The lowest BCUT2D eigenvalue weighted by molar-refractivity contribution is -0.122. The molecular formula is C22H20N4O3. The standard InChI is InChI=1S/C22H20N4O3/c27-20(13-26-21(28)11-10-17(25-26)19-9-4-12-29-19)23-18-8-3-6-15-14-5-1-2-7-16(14)24-22(15)18/h1-2,4-5,7,9-12,18,24H,3,6,8,13H2,(H,23,27)/t18-/m1/s1. The van der Waals surface area contributed by atoms with Gasteiger partial charge in [-0.1, -0.05) is 18.2 Å². The first-order chi connectivity index (χ1) is 14.2. The van der Waals surface area contributed by atoms with Gasteiger partial charge in [-0.05, 0) is 49.1 Å². The van der Waals surface area contributed by atoms with E-state index >= 15 is 0 Å². The van der Waals surface area contributed by atoms with Crippen molar-refractivity contribution in [1.29, 1.82) is 0 Å². The minimum Gasteiger partial charge on any atom is -0.463 e. The van der Waals surface area contributed by atoms with Crippen LogP contribution in [0, 0.1) is 0 Å². The maximum absolute atomic E-state index is 12.7. The second-order valence-corrected chi connectivity index (χ2v) is 7.27. The van der Waals surface area contributed by atoms with E-state index in [0.717, 1.165) is 30.5 Å². The number of benzene rings is 1. The van der Waals surface area contributed by atoms with Crippen molar-refractivity contribution in [2.45, 2.75) is 31.8 Å². The average molecular weight is 388 g/mol. The van der Waals surface area contributed by atoms with Crippen molar-refractivity contribution in [1.82, 2.24) is 20.1 Å². The van der Waals surface area contributed by atoms with Crippen molar-refractivity contribution >= 4 is 16.8 Å². The molecule has 1 amide bonds. The molecule has 0 spiro atoms. The lowest BCUT2D eigenvalue weighted by Gasteiger charge is -2.24. The van der Waals surface area contributed by atoms with Gasteiger partial charge in [0.05, 0.1) is 12.3 Å². The van der Waals surface area contributed by atoms with E-state index in [4.69, 9.17) is 4.42 Å². The second kappa shape index (κ2) is 7.09. The van der Waals surface area contributed by atoms with Crippen LogP contribution in [0.4, 0.5) is 0 Å². The van der Waals surface area contributed by atoms with E-state index < -0.39 is 0 Å². The number of carbonyl (C=O) groups excluding carboxylic acids is 1. The Bertz CT molecular complexity index is 1240. The maximum atomic E-state index is 12.7. The fourth-order valence-corrected chi connectivity index (χ4v) is 4.05. The van der Waals surface area contributed by atoms with Crippen LogP contribution in [0.2, 0.25) is 0 Å². The summed E-state index contributed by atoms with van der Waals surface area (Å²) in [5.74, 6) is 0.307. The number of nitrogens with one attached hydrogen (secondary N) is 2. The van der Waals surface area contributed by atoms with Crippen LogP contribution >= 0.6 is 0 Å². The molecule has 146 valence electrons. The number of hydrogen-bond acceptors (Lipinski definition) is 4. The third-order valence-electron chi connectivity index (χ3n) is 5.38. The predicted molar refractivity (Wildman–Crippen MR) is 108 cm³/mol. The fourth-order valence-electron chi connectivity index (χ4n) is 4.05. The molecule has 0 aliphatic heterocycles. The largest absolute Gasteiger partial charge is 0.463 e. The van der Waals surface area contributed by atoms with Crippen LogP contribution < -0.4 is 10.9 Å². The molecule has 1 aliphatic carbocycles. The topological polar surface area (TPSA) is 92.9 Å². The number of aryl methyl sites for hydroxylation is 1. The van der Waals surface area contributed by atoms with Crippen molar-refractivity contribution in [3.8, 4) is 11.5 Å². The van der Waals surface area contributed by atoms with Gasteiger partial charge in [-0.3, -0.25) is 9.59 Å². The number of H-pyrrole nitrogens is 1. The summed E-state index contributed by atoms with van der Waals surface area (Å²) in [6.07, 6.45) is 4.41. The van der Waals surface area contributed by atoms with Crippen molar-refractivity contribution in [3.63, 3.8) is 0 Å². The van der Waals surface area contributed by atoms with E-state index in [9.17, 15) is 9.59 Å². The lowest BCUT2D eigenvalue weighted by atomic mass is 9.91. The van der Waals surface area contributed by atoms with Gasteiger partial charge in [0.2, 0.25) is 5.91 Å². The highest BCUT2D eigenvalue weighted by atomic mass is 16.3. The molecule has 0 unspecified atom stereocenters. The third kappa shape index (κ3) is 3.24. The molecular weight excluding hydrogens is 368 g/mol. The zero-order valence-electron chi connectivity index (χ0n) is 15.7. The molecule has 7 nitrogen and oxygen atoms in total. The van der Waals surface area contributed by atoms with Gasteiger partial charge in [0, 0.05) is 22.7 Å². The normalized spacial score (nSPS) is 15.9. The van der Waals surface area contributed by atoms with Crippen LogP contribution in [0.25, 0.3) is 22.4 Å². The van der Waals surface area contributed by atoms with Crippen LogP contribution in [0.1, 0.15) is 30.1 Å². The third-order valence-corrected chi connectivity index (χ3v) is 5.38. The van der Waals surface area contributed by atoms with E-state index in [1.54, 1.807) is 24.5 Å². The van der Waals surface area contributed by atoms with Crippen molar-refractivity contribution in [3.05, 3.63) is 76.4 Å². The first-order valence-electron chi connectivity index (χ1n) is 9.70. The molecule has 5 rings (SSSR count). The lowest BCUT2D eigenvalue weighted by Crippen LogP contribution is -2.36. The van der Waals surface area contributed by atoms with Crippen molar-refractivity contribution < 1.29 is 9.21 Å². The number of aromatic nitrogens is 3. The molecule has 0 bridgehead atoms. The number of carbonyl (C=O) groups is 1. The summed E-state index contributed by atoms with van der Waals surface area (Å²) in [5, 5.41) is 8.55. The van der Waals surface area contributed by atoms with Gasteiger partial charge in [-0.15, -0.1) is 0 Å². The van der Waals surface area contributed by atoms with Crippen LogP contribution in [0.5, 0.6) is 0 Å². The Kier molecular flexibility index (Phi) is 4.27. The molecule has 7 heteroatoms. The minimum atomic E-state index is -0.328. The predicted octanol–water partition coefficient (Wildman–Crippen LogP) is 3.18. The van der Waals surface area contributed by atoms with Gasteiger partial charge in [-0.2, -0.15) is 5.10 Å². The number of aromatic amines is 1. The smallest absolute Gasteiger partial charge is 0.267 e. The monoisotopic (exact) mass is 388 g/mol. The van der Waals surface area contributed by atoms with Gasteiger partial charge >= 0.3 is 0 Å². The minimum absolute atomic E-state index is 0.0948. The van der Waals surface area contributed by atoms with Crippen molar-refractivity contribution in [2.75, 3.05) is 0 Å². The maximum Gasteiger partial charge on any atom is 0.267 e. The van der Waals surface area contributed by atoms with Crippen LogP contribution in [0.3, 0.4) is 0 Å². The van der Waals surface area contributed by atoms with Crippen molar-refractivity contribution in [2.24, 2.45) is 0 Å². The number of fused-ring (bicyclic) bond motifs is 3. The number of amides is 1. The number of para-hydroxylation sites is 1. The summed E-state index contributed by atoms with van der Waals surface area (Å²) < 4.78 is 6.49. The SMILES string of the molecule is O=C(Cn1nc(-c2ccco2)ccc1=O)N[C@@H]1CCCc2c1[nH]c1ccccc21. The Hall–Kier alpha value is -3.61. The van der Waals surface area contributed by atoms with E-state index in [-0.39, 0.29) is 24.1 Å². The Morgan fingerprint density at radius 3 is 2.97 bits per heavy atom. The van der Waals surface area contributed by atoms with E-state index in [2.05, 4.69) is 27.5 Å². The zero-order valence-corrected chi connectivity index (χ0v) is 15.7. The summed E-state index contributed by atoms with van der Waals surface area (Å²) in [6, 6.07) is 14.6. The highest BCUT2D eigenvalue weighted by molar-refractivity contribution is 5.85. The van der Waals surface area contributed by atoms with Gasteiger partial charge < -0.3 is 14.7 Å². The number of hydrogen-bond donors (Lipinski definition) is 2. The molecule has 2 N–H and O–H groups in total. The Labute approximate surface area is 166 Å². The molecule has 1 aromatic carbocycles. The fraction of sp³-hybridized carbons (Fsp3) is 0.227. The van der Waals surface area contributed by atoms with Gasteiger partial charge in [0.1, 0.15) is 12.2 Å².